The van der Waals surface area contributed by atoms with E-state index >= 15 is 0 Å². The maximum Gasteiger partial charge on any atom is 0.252 e. The standard InChI is InChI=1S/C21H20F2N2O4S/c1-13-5-7-17(30(27,28)24-12-16-4-3-9-29-16)11-18(13)21(26)25-14(2)15-6-8-19(22)20(23)10-15/h3-11,14,24H,12H2,1-2H3,(H,25,26). The molecule has 2 aromatic carbocycles. The van der Waals surface area contributed by atoms with Gasteiger partial charge in [-0.25, -0.2) is 21.9 Å². The summed E-state index contributed by atoms with van der Waals surface area (Å²) in [5, 5.41) is 2.67. The second-order valence-electron chi connectivity index (χ2n) is 6.75. The van der Waals surface area contributed by atoms with Crippen molar-refractivity contribution in [3.63, 3.8) is 0 Å². The van der Waals surface area contributed by atoms with Gasteiger partial charge in [0.2, 0.25) is 10.0 Å². The van der Waals surface area contributed by atoms with E-state index in [-0.39, 0.29) is 17.0 Å². The highest BCUT2D eigenvalue weighted by atomic mass is 32.2. The number of carbonyl (C=O) groups excluding carboxylic acids is 1. The van der Waals surface area contributed by atoms with Gasteiger partial charge in [-0.1, -0.05) is 12.1 Å². The molecular formula is C21H20F2N2O4S. The van der Waals surface area contributed by atoms with Crippen molar-refractivity contribution in [2.45, 2.75) is 31.3 Å². The number of aryl methyl sites for hydroxylation is 1. The van der Waals surface area contributed by atoms with E-state index in [4.69, 9.17) is 4.42 Å². The van der Waals surface area contributed by atoms with Crippen molar-refractivity contribution in [2.24, 2.45) is 0 Å². The molecule has 2 N–H and O–H groups in total. The van der Waals surface area contributed by atoms with Crippen LogP contribution in [0.5, 0.6) is 0 Å². The molecule has 1 amide bonds. The van der Waals surface area contributed by atoms with E-state index in [0.717, 1.165) is 12.1 Å². The Labute approximate surface area is 173 Å². The van der Waals surface area contributed by atoms with Gasteiger partial charge in [-0.2, -0.15) is 0 Å². The van der Waals surface area contributed by atoms with Gasteiger partial charge in [0.15, 0.2) is 11.6 Å². The predicted octanol–water partition coefficient (Wildman–Crippen LogP) is 3.84. The van der Waals surface area contributed by atoms with Crippen molar-refractivity contribution in [2.75, 3.05) is 0 Å². The number of benzene rings is 2. The molecule has 0 fully saturated rings. The van der Waals surface area contributed by atoms with Gasteiger partial charge in [0, 0.05) is 5.56 Å². The summed E-state index contributed by atoms with van der Waals surface area (Å²) in [5.41, 5.74) is 1.10. The number of hydrogen-bond acceptors (Lipinski definition) is 4. The molecule has 9 heteroatoms. The largest absolute Gasteiger partial charge is 0.468 e. The van der Waals surface area contributed by atoms with Crippen molar-refractivity contribution in [1.82, 2.24) is 10.0 Å². The van der Waals surface area contributed by atoms with Gasteiger partial charge >= 0.3 is 0 Å². The minimum absolute atomic E-state index is 0.0299. The zero-order valence-electron chi connectivity index (χ0n) is 16.3. The first-order chi connectivity index (χ1) is 14.2. The molecule has 1 atom stereocenters. The van der Waals surface area contributed by atoms with Crippen LogP contribution in [-0.4, -0.2) is 14.3 Å². The molecule has 30 heavy (non-hydrogen) atoms. The second kappa shape index (κ2) is 8.76. The first-order valence-corrected chi connectivity index (χ1v) is 10.5. The van der Waals surface area contributed by atoms with Crippen LogP contribution in [0.15, 0.2) is 64.1 Å². The van der Waals surface area contributed by atoms with E-state index in [9.17, 15) is 22.0 Å². The average Bonchev–Trinajstić information content (AvgIpc) is 3.22. The summed E-state index contributed by atoms with van der Waals surface area (Å²) in [4.78, 5) is 12.6. The molecule has 0 saturated carbocycles. The average molecular weight is 434 g/mol. The molecule has 0 spiro atoms. The minimum Gasteiger partial charge on any atom is -0.468 e. The van der Waals surface area contributed by atoms with E-state index in [0.29, 0.717) is 16.9 Å². The summed E-state index contributed by atoms with van der Waals surface area (Å²) in [6.45, 7) is 3.26. The molecule has 158 valence electrons. The molecule has 0 bridgehead atoms. The second-order valence-corrected chi connectivity index (χ2v) is 8.52. The van der Waals surface area contributed by atoms with Crippen LogP contribution in [0.4, 0.5) is 8.78 Å². The summed E-state index contributed by atoms with van der Waals surface area (Å²) in [5.74, 6) is -2.08. The van der Waals surface area contributed by atoms with Crippen molar-refractivity contribution in [3.8, 4) is 0 Å². The zero-order valence-corrected chi connectivity index (χ0v) is 17.1. The van der Waals surface area contributed by atoms with E-state index in [2.05, 4.69) is 10.0 Å². The third-order valence-corrected chi connectivity index (χ3v) is 5.97. The third kappa shape index (κ3) is 4.92. The molecule has 3 aromatic rings. The first-order valence-electron chi connectivity index (χ1n) is 9.06. The molecule has 0 aliphatic carbocycles. The molecule has 0 saturated heterocycles. The van der Waals surface area contributed by atoms with Crippen LogP contribution >= 0.6 is 0 Å². The smallest absolute Gasteiger partial charge is 0.252 e. The number of carbonyl (C=O) groups is 1. The van der Waals surface area contributed by atoms with E-state index in [1.54, 1.807) is 26.0 Å². The molecule has 0 radical (unpaired) electrons. The summed E-state index contributed by atoms with van der Waals surface area (Å²) in [6.07, 6.45) is 1.44. The summed E-state index contributed by atoms with van der Waals surface area (Å²) < 4.78 is 59.2. The lowest BCUT2D eigenvalue weighted by molar-refractivity contribution is 0.0939. The van der Waals surface area contributed by atoms with Gasteiger partial charge in [0.1, 0.15) is 5.76 Å². The maximum absolute atomic E-state index is 13.5. The van der Waals surface area contributed by atoms with Crippen LogP contribution in [0.1, 0.15) is 40.2 Å². The summed E-state index contributed by atoms with van der Waals surface area (Å²) in [7, 11) is -3.88. The molecule has 1 aromatic heterocycles. The highest BCUT2D eigenvalue weighted by Crippen LogP contribution is 2.20. The van der Waals surface area contributed by atoms with Gasteiger partial charge < -0.3 is 9.73 Å². The van der Waals surface area contributed by atoms with Crippen LogP contribution in [0.3, 0.4) is 0 Å². The number of furan rings is 1. The Morgan fingerprint density at radius 2 is 1.87 bits per heavy atom. The van der Waals surface area contributed by atoms with Crippen molar-refractivity contribution in [1.29, 1.82) is 0 Å². The fraction of sp³-hybridized carbons (Fsp3) is 0.190. The van der Waals surface area contributed by atoms with Crippen LogP contribution in [0, 0.1) is 18.6 Å². The predicted molar refractivity (Wildman–Crippen MR) is 106 cm³/mol. The molecule has 0 aliphatic heterocycles. The number of amides is 1. The minimum atomic E-state index is -3.88. The third-order valence-electron chi connectivity index (χ3n) is 4.57. The Morgan fingerprint density at radius 3 is 2.53 bits per heavy atom. The lowest BCUT2D eigenvalue weighted by Gasteiger charge is -2.16. The SMILES string of the molecule is Cc1ccc(S(=O)(=O)NCc2ccco2)cc1C(=O)NC(C)c1ccc(F)c(F)c1. The molecule has 3 rings (SSSR count). The zero-order chi connectivity index (χ0) is 21.9. The van der Waals surface area contributed by atoms with E-state index in [1.165, 1.54) is 30.5 Å². The number of rotatable bonds is 7. The molecule has 1 heterocycles. The van der Waals surface area contributed by atoms with Crippen LogP contribution in [-0.2, 0) is 16.6 Å². The number of hydrogen-bond donors (Lipinski definition) is 2. The van der Waals surface area contributed by atoms with Crippen molar-refractivity contribution < 1.29 is 26.4 Å². The first kappa shape index (κ1) is 21.7. The van der Waals surface area contributed by atoms with Crippen molar-refractivity contribution >= 4 is 15.9 Å². The van der Waals surface area contributed by atoms with Gasteiger partial charge in [0.25, 0.3) is 5.91 Å². The molecular weight excluding hydrogens is 414 g/mol. The fourth-order valence-corrected chi connectivity index (χ4v) is 3.83. The van der Waals surface area contributed by atoms with E-state index in [1.807, 2.05) is 0 Å². The lowest BCUT2D eigenvalue weighted by Crippen LogP contribution is -2.28. The molecule has 0 aliphatic rings. The Balaban J connectivity index is 1.78. The van der Waals surface area contributed by atoms with E-state index < -0.39 is 33.6 Å². The molecule has 6 nitrogen and oxygen atoms in total. The Kier molecular flexibility index (Phi) is 6.33. The maximum atomic E-state index is 13.5. The highest BCUT2D eigenvalue weighted by Gasteiger charge is 2.20. The van der Waals surface area contributed by atoms with Crippen LogP contribution < -0.4 is 10.0 Å². The van der Waals surface area contributed by atoms with Gasteiger partial charge in [-0.05, 0) is 61.4 Å². The summed E-state index contributed by atoms with van der Waals surface area (Å²) >= 11 is 0. The Hall–Kier alpha value is -3.04. The Bertz CT molecular complexity index is 1160. The van der Waals surface area contributed by atoms with Crippen LogP contribution in [0.25, 0.3) is 0 Å². The monoisotopic (exact) mass is 434 g/mol. The normalized spacial score (nSPS) is 12.5. The number of nitrogens with one attached hydrogen (secondary N) is 2. The number of sulfonamides is 1. The number of halogens is 2. The summed E-state index contributed by atoms with van der Waals surface area (Å²) in [6, 6.07) is 10.2. The van der Waals surface area contributed by atoms with Crippen LogP contribution in [0.2, 0.25) is 0 Å². The van der Waals surface area contributed by atoms with Gasteiger partial charge in [0.05, 0.1) is 23.7 Å². The highest BCUT2D eigenvalue weighted by molar-refractivity contribution is 7.89. The van der Waals surface area contributed by atoms with Crippen molar-refractivity contribution in [3.05, 3.63) is 88.9 Å². The van der Waals surface area contributed by atoms with Gasteiger partial charge in [-0.3, -0.25) is 4.79 Å². The molecule has 1 unspecified atom stereocenters. The fourth-order valence-electron chi connectivity index (χ4n) is 2.81. The topological polar surface area (TPSA) is 88.4 Å². The van der Waals surface area contributed by atoms with Gasteiger partial charge in [-0.15, -0.1) is 0 Å². The lowest BCUT2D eigenvalue weighted by atomic mass is 10.1. The Morgan fingerprint density at radius 1 is 1.10 bits per heavy atom. The quantitative estimate of drug-likeness (QED) is 0.592.